The van der Waals surface area contributed by atoms with E-state index in [0.717, 1.165) is 17.0 Å². The third kappa shape index (κ3) is 7.17. The van der Waals surface area contributed by atoms with Crippen molar-refractivity contribution in [3.05, 3.63) is 59.9 Å². The third-order valence-corrected chi connectivity index (χ3v) is 3.30. The van der Waals surface area contributed by atoms with Gasteiger partial charge in [-0.25, -0.2) is 0 Å². The fourth-order valence-electron chi connectivity index (χ4n) is 1.81. The van der Waals surface area contributed by atoms with Crippen LogP contribution in [0.15, 0.2) is 48.7 Å². The van der Waals surface area contributed by atoms with Gasteiger partial charge in [-0.1, -0.05) is 25.1 Å². The molecule has 0 saturated heterocycles. The minimum Gasteiger partial charge on any atom is -0.487 e. The zero-order chi connectivity index (χ0) is 15.8. The van der Waals surface area contributed by atoms with Crippen LogP contribution in [0.25, 0.3) is 0 Å². The molecule has 5 nitrogen and oxygen atoms in total. The van der Waals surface area contributed by atoms with E-state index in [2.05, 4.69) is 10.3 Å². The normalized spacial score (nSPS) is 10.8. The molecule has 1 unspecified atom stereocenters. The smallest absolute Gasteiger partial charge is 0.224 e. The van der Waals surface area contributed by atoms with Crippen LogP contribution in [0.1, 0.15) is 18.2 Å². The van der Waals surface area contributed by atoms with Gasteiger partial charge in [-0.3, -0.25) is 9.78 Å². The number of pyridine rings is 1. The lowest BCUT2D eigenvalue weighted by atomic mass is 10.1. The van der Waals surface area contributed by atoms with Crippen LogP contribution in [-0.2, 0) is 17.9 Å². The average Bonchev–Trinajstić information content (AvgIpc) is 2.59. The van der Waals surface area contributed by atoms with Crippen molar-refractivity contribution in [3.63, 3.8) is 0 Å². The number of rotatable bonds is 7. The summed E-state index contributed by atoms with van der Waals surface area (Å²) in [5.74, 6) is 0.579. The van der Waals surface area contributed by atoms with Crippen molar-refractivity contribution in [1.29, 1.82) is 0 Å². The number of hydrogen-bond acceptors (Lipinski definition) is 4. The molecule has 0 radical (unpaired) electrons. The maximum absolute atomic E-state index is 11.7. The van der Waals surface area contributed by atoms with Gasteiger partial charge < -0.3 is 15.8 Å². The summed E-state index contributed by atoms with van der Waals surface area (Å²) in [7, 11) is 0. The highest BCUT2D eigenvalue weighted by atomic mass is 35.5. The highest BCUT2D eigenvalue weighted by Crippen LogP contribution is 2.13. The minimum absolute atomic E-state index is 0. The highest BCUT2D eigenvalue weighted by Gasteiger charge is 2.09. The standard InChI is InChI=1S/C17H21N3O2.2ClH/c1-13(10-18)17(21)20-11-14-5-7-16(8-6-14)22-12-15-4-2-3-9-19-15;;/h2-9,13H,10-12,18H2,1H3,(H,20,21);2*1H. The number of nitrogens with one attached hydrogen (secondary N) is 1. The number of nitrogens with two attached hydrogens (primary N) is 1. The van der Waals surface area contributed by atoms with Crippen molar-refractivity contribution in [1.82, 2.24) is 10.3 Å². The molecule has 3 N–H and O–H groups in total. The molecule has 7 heteroatoms. The lowest BCUT2D eigenvalue weighted by molar-refractivity contribution is -0.124. The lowest BCUT2D eigenvalue weighted by Gasteiger charge is -2.10. The molecule has 1 atom stereocenters. The summed E-state index contributed by atoms with van der Waals surface area (Å²) in [6.45, 7) is 3.09. The molecule has 0 aliphatic heterocycles. The molecular weight excluding hydrogens is 349 g/mol. The van der Waals surface area contributed by atoms with Gasteiger partial charge in [0, 0.05) is 25.2 Å². The molecule has 0 bridgehead atoms. The van der Waals surface area contributed by atoms with Gasteiger partial charge in [-0.05, 0) is 29.8 Å². The SMILES string of the molecule is CC(CN)C(=O)NCc1ccc(OCc2ccccn2)cc1.Cl.Cl. The molecule has 24 heavy (non-hydrogen) atoms. The molecule has 1 aromatic heterocycles. The Bertz CT molecular complexity index is 595. The van der Waals surface area contributed by atoms with Gasteiger partial charge in [0.25, 0.3) is 0 Å². The van der Waals surface area contributed by atoms with Crippen LogP contribution < -0.4 is 15.8 Å². The Labute approximate surface area is 154 Å². The molecule has 0 fully saturated rings. The molecule has 0 aliphatic rings. The van der Waals surface area contributed by atoms with Gasteiger partial charge in [0.05, 0.1) is 5.69 Å². The number of aromatic nitrogens is 1. The van der Waals surface area contributed by atoms with E-state index in [1.165, 1.54) is 0 Å². The molecule has 132 valence electrons. The number of amides is 1. The van der Waals surface area contributed by atoms with Crippen molar-refractivity contribution in [3.8, 4) is 5.75 Å². The van der Waals surface area contributed by atoms with Gasteiger partial charge in [-0.2, -0.15) is 0 Å². The number of carbonyl (C=O) groups is 1. The van der Waals surface area contributed by atoms with E-state index in [9.17, 15) is 4.79 Å². The van der Waals surface area contributed by atoms with Crippen LogP contribution in [0.3, 0.4) is 0 Å². The van der Waals surface area contributed by atoms with Crippen LogP contribution in [0.5, 0.6) is 5.75 Å². The van der Waals surface area contributed by atoms with Crippen molar-refractivity contribution >= 4 is 30.7 Å². The highest BCUT2D eigenvalue weighted by molar-refractivity contribution is 5.85. The zero-order valence-electron chi connectivity index (χ0n) is 13.5. The molecule has 0 spiro atoms. The Morgan fingerprint density at radius 3 is 2.50 bits per heavy atom. The Morgan fingerprint density at radius 1 is 1.21 bits per heavy atom. The van der Waals surface area contributed by atoms with Crippen LogP contribution >= 0.6 is 24.8 Å². The number of ether oxygens (including phenoxy) is 1. The van der Waals surface area contributed by atoms with E-state index in [1.54, 1.807) is 6.20 Å². The summed E-state index contributed by atoms with van der Waals surface area (Å²) in [4.78, 5) is 15.9. The van der Waals surface area contributed by atoms with Crippen LogP contribution in [0.2, 0.25) is 0 Å². The first-order chi connectivity index (χ1) is 10.7. The maximum atomic E-state index is 11.7. The number of carbonyl (C=O) groups excluding carboxylic acids is 1. The second-order valence-electron chi connectivity index (χ2n) is 5.11. The molecule has 0 saturated carbocycles. The van der Waals surface area contributed by atoms with Gasteiger partial charge in [0.1, 0.15) is 12.4 Å². The van der Waals surface area contributed by atoms with Gasteiger partial charge in [0.2, 0.25) is 5.91 Å². The number of nitrogens with zero attached hydrogens (tertiary/aromatic N) is 1. The molecule has 1 aromatic carbocycles. The second kappa shape index (κ2) is 11.7. The summed E-state index contributed by atoms with van der Waals surface area (Å²) in [5, 5.41) is 2.86. The predicted molar refractivity (Wildman–Crippen MR) is 99.6 cm³/mol. The topological polar surface area (TPSA) is 77.2 Å². The quantitative estimate of drug-likeness (QED) is 0.784. The van der Waals surface area contributed by atoms with Crippen molar-refractivity contribution in [2.24, 2.45) is 11.7 Å². The van der Waals surface area contributed by atoms with E-state index in [4.69, 9.17) is 10.5 Å². The van der Waals surface area contributed by atoms with Gasteiger partial charge >= 0.3 is 0 Å². The van der Waals surface area contributed by atoms with E-state index in [0.29, 0.717) is 19.7 Å². The number of hydrogen-bond donors (Lipinski definition) is 2. The summed E-state index contributed by atoms with van der Waals surface area (Å²) >= 11 is 0. The number of halogens is 2. The van der Waals surface area contributed by atoms with E-state index >= 15 is 0 Å². The predicted octanol–water partition coefficient (Wildman–Crippen LogP) is 2.72. The Kier molecular flexibility index (Phi) is 10.8. The molecular formula is C17H23Cl2N3O2. The maximum Gasteiger partial charge on any atom is 0.224 e. The van der Waals surface area contributed by atoms with Crippen molar-refractivity contribution in [2.75, 3.05) is 6.54 Å². The minimum atomic E-state index is -0.166. The Balaban J connectivity index is 0.00000264. The zero-order valence-corrected chi connectivity index (χ0v) is 15.1. The first-order valence-corrected chi connectivity index (χ1v) is 7.28. The molecule has 1 heterocycles. The number of benzene rings is 1. The summed E-state index contributed by atoms with van der Waals surface area (Å²) in [5.41, 5.74) is 7.36. The van der Waals surface area contributed by atoms with Crippen LogP contribution in [0.4, 0.5) is 0 Å². The first kappa shape index (κ1) is 22.2. The molecule has 1 amide bonds. The summed E-state index contributed by atoms with van der Waals surface area (Å²) in [6, 6.07) is 13.4. The second-order valence-corrected chi connectivity index (χ2v) is 5.11. The third-order valence-electron chi connectivity index (χ3n) is 3.30. The Morgan fingerprint density at radius 2 is 1.92 bits per heavy atom. The summed E-state index contributed by atoms with van der Waals surface area (Å²) in [6.07, 6.45) is 1.74. The van der Waals surface area contributed by atoms with E-state index < -0.39 is 0 Å². The van der Waals surface area contributed by atoms with Crippen LogP contribution in [0, 0.1) is 5.92 Å². The van der Waals surface area contributed by atoms with Crippen molar-refractivity contribution in [2.45, 2.75) is 20.1 Å². The first-order valence-electron chi connectivity index (χ1n) is 7.28. The average molecular weight is 372 g/mol. The largest absolute Gasteiger partial charge is 0.487 e. The van der Waals surface area contributed by atoms with E-state index in [1.807, 2.05) is 49.4 Å². The van der Waals surface area contributed by atoms with E-state index in [-0.39, 0.29) is 36.6 Å². The van der Waals surface area contributed by atoms with Gasteiger partial charge in [0.15, 0.2) is 0 Å². The molecule has 0 aliphatic carbocycles. The monoisotopic (exact) mass is 371 g/mol. The summed E-state index contributed by atoms with van der Waals surface area (Å²) < 4.78 is 5.66. The van der Waals surface area contributed by atoms with Gasteiger partial charge in [-0.15, -0.1) is 24.8 Å². The fourth-order valence-corrected chi connectivity index (χ4v) is 1.81. The lowest BCUT2D eigenvalue weighted by Crippen LogP contribution is -2.32. The fraction of sp³-hybridized carbons (Fsp3) is 0.294. The molecule has 2 aromatic rings. The van der Waals surface area contributed by atoms with Crippen molar-refractivity contribution < 1.29 is 9.53 Å². The molecule has 2 rings (SSSR count). The Hall–Kier alpha value is -1.82. The van der Waals surface area contributed by atoms with Crippen LogP contribution in [-0.4, -0.2) is 17.4 Å².